The molecule has 0 bridgehead atoms. The van der Waals surface area contributed by atoms with Crippen LogP contribution in [0.15, 0.2) is 35.3 Å². The van der Waals surface area contributed by atoms with E-state index in [0.29, 0.717) is 40.7 Å². The van der Waals surface area contributed by atoms with Gasteiger partial charge in [-0.1, -0.05) is 6.92 Å². The number of pyridine rings is 2. The number of anilines is 1. The second-order valence-electron chi connectivity index (χ2n) is 8.82. The van der Waals surface area contributed by atoms with Crippen LogP contribution in [0.3, 0.4) is 0 Å². The summed E-state index contributed by atoms with van der Waals surface area (Å²) in [7, 11) is 1.66. The molecule has 9 heteroatoms. The molecule has 0 spiro atoms. The number of hydrogen-bond acceptors (Lipinski definition) is 8. The van der Waals surface area contributed by atoms with Crippen LogP contribution in [0.5, 0.6) is 11.6 Å². The Kier molecular flexibility index (Phi) is 6.18. The average Bonchev–Trinajstić information content (AvgIpc) is 2.79. The summed E-state index contributed by atoms with van der Waals surface area (Å²) in [6, 6.07) is 9.16. The van der Waals surface area contributed by atoms with Gasteiger partial charge in [-0.25, -0.2) is 14.8 Å². The molecule has 1 aliphatic rings. The second-order valence-corrected chi connectivity index (χ2v) is 8.82. The largest absolute Gasteiger partial charge is 0.489 e. The smallest absolute Gasteiger partial charge is 0.349 e. The predicted molar refractivity (Wildman–Crippen MR) is 125 cm³/mol. The first-order chi connectivity index (χ1) is 15.8. The molecule has 3 aromatic heterocycles. The number of piperidine rings is 1. The molecule has 9 nitrogen and oxygen atoms in total. The number of aryl methyl sites for hydroxylation is 1. The third-order valence-corrected chi connectivity index (χ3v) is 5.90. The van der Waals surface area contributed by atoms with Crippen molar-refractivity contribution in [3.05, 3.63) is 46.6 Å². The molecule has 0 amide bonds. The van der Waals surface area contributed by atoms with Gasteiger partial charge in [0, 0.05) is 38.0 Å². The van der Waals surface area contributed by atoms with Crippen molar-refractivity contribution < 1.29 is 9.47 Å². The molecule has 1 fully saturated rings. The Morgan fingerprint density at radius 3 is 2.64 bits per heavy atom. The van der Waals surface area contributed by atoms with Gasteiger partial charge < -0.3 is 14.4 Å². The highest BCUT2D eigenvalue weighted by Crippen LogP contribution is 2.32. The van der Waals surface area contributed by atoms with Crippen LogP contribution in [0.4, 0.5) is 5.82 Å². The van der Waals surface area contributed by atoms with Crippen molar-refractivity contribution in [2.45, 2.75) is 52.4 Å². The molecule has 0 N–H and O–H groups in total. The number of aromatic nitrogens is 4. The van der Waals surface area contributed by atoms with Crippen molar-refractivity contribution in [1.82, 2.24) is 19.5 Å². The topological polar surface area (TPSA) is 106 Å². The Labute approximate surface area is 192 Å². The zero-order chi connectivity index (χ0) is 23.7. The van der Waals surface area contributed by atoms with Gasteiger partial charge in [-0.3, -0.25) is 4.57 Å². The van der Waals surface area contributed by atoms with Crippen molar-refractivity contribution >= 4 is 16.9 Å². The van der Waals surface area contributed by atoms with Crippen molar-refractivity contribution in [2.75, 3.05) is 11.4 Å². The summed E-state index contributed by atoms with van der Waals surface area (Å²) in [5.74, 6) is 1.92. The molecule has 0 aromatic carbocycles. The molecular weight excluding hydrogens is 420 g/mol. The van der Waals surface area contributed by atoms with Gasteiger partial charge in [-0.15, -0.1) is 0 Å². The third-order valence-electron chi connectivity index (χ3n) is 5.90. The Morgan fingerprint density at radius 2 is 1.97 bits per heavy atom. The fourth-order valence-corrected chi connectivity index (χ4v) is 4.17. The molecule has 0 saturated carbocycles. The summed E-state index contributed by atoms with van der Waals surface area (Å²) in [5.41, 5.74) is 1.14. The molecule has 3 aromatic rings. The van der Waals surface area contributed by atoms with E-state index in [1.165, 1.54) is 4.57 Å². The highest BCUT2D eigenvalue weighted by atomic mass is 16.5. The van der Waals surface area contributed by atoms with Crippen LogP contribution < -0.4 is 20.1 Å². The standard InChI is InChI=1S/C24H28N6O3/c1-14(2)32-18-7-9-21(26-12-18)33-20-10-16(4)30(13-15(20)3)23-22-19(29(5)24(31)28-23)8-6-17(11-25)27-22/h6-9,12,14-16,20H,10,13H2,1-5H3/t15-,16-,20?/m1/s1. The lowest BCUT2D eigenvalue weighted by atomic mass is 9.91. The quantitative estimate of drug-likeness (QED) is 0.586. The monoisotopic (exact) mass is 448 g/mol. The van der Waals surface area contributed by atoms with Crippen LogP contribution in [0.2, 0.25) is 0 Å². The van der Waals surface area contributed by atoms with E-state index in [1.807, 2.05) is 26.0 Å². The molecular formula is C24H28N6O3. The fourth-order valence-electron chi connectivity index (χ4n) is 4.17. The fraction of sp³-hybridized carbons (Fsp3) is 0.458. The van der Waals surface area contributed by atoms with Gasteiger partial charge in [-0.05, 0) is 39.0 Å². The van der Waals surface area contributed by atoms with E-state index in [-0.39, 0.29) is 29.9 Å². The lowest BCUT2D eigenvalue weighted by molar-refractivity contribution is 0.102. The normalized spacial score (nSPS) is 20.6. The Balaban J connectivity index is 1.57. The number of ether oxygens (including phenoxy) is 2. The minimum Gasteiger partial charge on any atom is -0.489 e. The molecule has 1 saturated heterocycles. The maximum absolute atomic E-state index is 12.5. The zero-order valence-corrected chi connectivity index (χ0v) is 19.5. The van der Waals surface area contributed by atoms with Gasteiger partial charge in [0.25, 0.3) is 0 Å². The summed E-state index contributed by atoms with van der Waals surface area (Å²) >= 11 is 0. The minimum atomic E-state index is -0.352. The van der Waals surface area contributed by atoms with Crippen molar-refractivity contribution in [1.29, 1.82) is 5.26 Å². The number of hydrogen-bond donors (Lipinski definition) is 0. The van der Waals surface area contributed by atoms with Crippen molar-refractivity contribution in [3.63, 3.8) is 0 Å². The summed E-state index contributed by atoms with van der Waals surface area (Å²) in [5, 5.41) is 9.31. The van der Waals surface area contributed by atoms with Gasteiger partial charge in [0.05, 0.1) is 17.8 Å². The van der Waals surface area contributed by atoms with Crippen LogP contribution in [-0.4, -0.2) is 44.3 Å². The van der Waals surface area contributed by atoms with Crippen molar-refractivity contribution in [3.8, 4) is 17.7 Å². The molecule has 0 radical (unpaired) electrons. The molecule has 1 aliphatic heterocycles. The molecule has 4 rings (SSSR count). The molecule has 1 unspecified atom stereocenters. The molecule has 172 valence electrons. The second kappa shape index (κ2) is 9.06. The SMILES string of the molecule is CC(C)Oc1ccc(OC2C[C@@H](C)N(c3nc(=O)n(C)c4ccc(C#N)nc34)C[C@H]2C)nc1. The molecule has 3 atom stereocenters. The molecule has 0 aliphatic carbocycles. The maximum Gasteiger partial charge on any atom is 0.349 e. The highest BCUT2D eigenvalue weighted by Gasteiger charge is 2.34. The molecule has 33 heavy (non-hydrogen) atoms. The lowest BCUT2D eigenvalue weighted by Crippen LogP contribution is -2.50. The van der Waals surface area contributed by atoms with Crippen LogP contribution in [0, 0.1) is 17.2 Å². The van der Waals surface area contributed by atoms with E-state index in [4.69, 9.17) is 9.47 Å². The average molecular weight is 449 g/mol. The summed E-state index contributed by atoms with van der Waals surface area (Å²) in [4.78, 5) is 27.8. The van der Waals surface area contributed by atoms with E-state index < -0.39 is 0 Å². The van der Waals surface area contributed by atoms with Crippen LogP contribution in [0.25, 0.3) is 11.0 Å². The number of fused-ring (bicyclic) bond motifs is 1. The summed E-state index contributed by atoms with van der Waals surface area (Å²) < 4.78 is 13.3. The first-order valence-corrected chi connectivity index (χ1v) is 11.1. The van der Waals surface area contributed by atoms with E-state index in [1.54, 1.807) is 25.4 Å². The van der Waals surface area contributed by atoms with Crippen LogP contribution >= 0.6 is 0 Å². The van der Waals surface area contributed by atoms with Gasteiger partial charge in [-0.2, -0.15) is 10.2 Å². The van der Waals surface area contributed by atoms with Gasteiger partial charge >= 0.3 is 5.69 Å². The van der Waals surface area contributed by atoms with Gasteiger partial charge in [0.15, 0.2) is 5.82 Å². The summed E-state index contributed by atoms with van der Waals surface area (Å²) in [6.07, 6.45) is 2.44. The maximum atomic E-state index is 12.5. The summed E-state index contributed by atoms with van der Waals surface area (Å²) in [6.45, 7) is 8.76. The first-order valence-electron chi connectivity index (χ1n) is 11.1. The van der Waals surface area contributed by atoms with Gasteiger partial charge in [0.1, 0.15) is 29.1 Å². The van der Waals surface area contributed by atoms with E-state index >= 15 is 0 Å². The van der Waals surface area contributed by atoms with Crippen molar-refractivity contribution in [2.24, 2.45) is 13.0 Å². The lowest BCUT2D eigenvalue weighted by Gasteiger charge is -2.42. The van der Waals surface area contributed by atoms with Crippen LogP contribution in [0.1, 0.15) is 39.8 Å². The Morgan fingerprint density at radius 1 is 1.18 bits per heavy atom. The van der Waals surface area contributed by atoms with E-state index in [0.717, 1.165) is 6.42 Å². The third kappa shape index (κ3) is 4.60. The Hall–Kier alpha value is -3.67. The Bertz CT molecular complexity index is 1250. The highest BCUT2D eigenvalue weighted by molar-refractivity contribution is 5.86. The van der Waals surface area contributed by atoms with Crippen LogP contribution in [-0.2, 0) is 7.05 Å². The molecule has 4 heterocycles. The number of rotatable bonds is 5. The van der Waals surface area contributed by atoms with E-state index in [2.05, 4.69) is 39.8 Å². The van der Waals surface area contributed by atoms with Gasteiger partial charge in [0.2, 0.25) is 5.88 Å². The number of nitriles is 1. The zero-order valence-electron chi connectivity index (χ0n) is 19.5. The minimum absolute atomic E-state index is 0.0407. The first kappa shape index (κ1) is 22.5. The predicted octanol–water partition coefficient (Wildman–Crippen LogP) is 3.06. The van der Waals surface area contributed by atoms with E-state index in [9.17, 15) is 10.1 Å². The number of nitrogens with zero attached hydrogens (tertiary/aromatic N) is 6.